The van der Waals surface area contributed by atoms with Crippen molar-refractivity contribution in [1.82, 2.24) is 24.8 Å². The number of rotatable bonds is 4. The molecule has 25 heavy (non-hydrogen) atoms. The zero-order valence-corrected chi connectivity index (χ0v) is 14.9. The van der Waals surface area contributed by atoms with E-state index >= 15 is 0 Å². The summed E-state index contributed by atoms with van der Waals surface area (Å²) in [7, 11) is 0. The molecule has 4 rings (SSSR count). The molecule has 1 aromatic carbocycles. The van der Waals surface area contributed by atoms with Gasteiger partial charge in [0.1, 0.15) is 17.5 Å². The summed E-state index contributed by atoms with van der Waals surface area (Å²) in [6.45, 7) is 8.98. The molecule has 1 N–H and O–H groups in total. The van der Waals surface area contributed by atoms with Crippen LogP contribution in [0.4, 0.5) is 5.82 Å². The van der Waals surface area contributed by atoms with Crippen molar-refractivity contribution in [3.8, 4) is 0 Å². The largest absolute Gasteiger partial charge is 0.354 e. The Morgan fingerprint density at radius 1 is 1.04 bits per heavy atom. The number of nitrogens with one attached hydrogen (secondary N) is 1. The van der Waals surface area contributed by atoms with Gasteiger partial charge in [0.05, 0.1) is 17.6 Å². The number of imidazole rings is 1. The van der Waals surface area contributed by atoms with Gasteiger partial charge in [-0.05, 0) is 25.5 Å². The minimum absolute atomic E-state index is 0.860. The van der Waals surface area contributed by atoms with E-state index < -0.39 is 0 Å². The lowest BCUT2D eigenvalue weighted by molar-refractivity contribution is 0.244. The van der Waals surface area contributed by atoms with Crippen LogP contribution in [0.25, 0.3) is 11.0 Å². The second-order valence-electron chi connectivity index (χ2n) is 6.58. The highest BCUT2D eigenvalue weighted by molar-refractivity contribution is 5.74. The normalized spacial score (nSPS) is 15.8. The smallest absolute Gasteiger partial charge is 0.132 e. The number of aryl methyl sites for hydroxylation is 2. The fourth-order valence-corrected chi connectivity index (χ4v) is 3.38. The molecule has 1 aliphatic rings. The highest BCUT2D eigenvalue weighted by atomic mass is 15.3. The Bertz CT molecular complexity index is 830. The van der Waals surface area contributed by atoms with Crippen LogP contribution in [-0.2, 0) is 13.0 Å². The fraction of sp³-hybridized carbons (Fsp3) is 0.421. The third-order valence-electron chi connectivity index (χ3n) is 4.75. The number of hydrogen-bond acceptors (Lipinski definition) is 5. The first-order valence-corrected chi connectivity index (χ1v) is 8.97. The van der Waals surface area contributed by atoms with Gasteiger partial charge in [0, 0.05) is 37.9 Å². The lowest BCUT2D eigenvalue weighted by Crippen LogP contribution is -2.46. The number of anilines is 1. The van der Waals surface area contributed by atoms with Gasteiger partial charge in [0.2, 0.25) is 0 Å². The van der Waals surface area contributed by atoms with Crippen molar-refractivity contribution < 1.29 is 0 Å². The van der Waals surface area contributed by atoms with Crippen molar-refractivity contribution in [2.24, 2.45) is 0 Å². The zero-order valence-electron chi connectivity index (χ0n) is 14.9. The number of hydrogen-bond donors (Lipinski definition) is 1. The molecule has 0 saturated carbocycles. The lowest BCUT2D eigenvalue weighted by Gasteiger charge is -2.35. The van der Waals surface area contributed by atoms with E-state index in [1.165, 1.54) is 0 Å². The van der Waals surface area contributed by atoms with Crippen molar-refractivity contribution in [2.75, 3.05) is 31.1 Å². The molecule has 1 fully saturated rings. The van der Waals surface area contributed by atoms with Crippen molar-refractivity contribution >= 4 is 16.9 Å². The minimum Gasteiger partial charge on any atom is -0.354 e. The van der Waals surface area contributed by atoms with Crippen LogP contribution in [-0.4, -0.2) is 51.0 Å². The molecule has 3 aromatic rings. The molecule has 1 aliphatic heterocycles. The summed E-state index contributed by atoms with van der Waals surface area (Å²) in [6.07, 6.45) is 0.947. The average molecular weight is 336 g/mol. The predicted octanol–water partition coefficient (Wildman–Crippen LogP) is 2.55. The maximum atomic E-state index is 4.69. The maximum absolute atomic E-state index is 4.69. The molecule has 1 saturated heterocycles. The second kappa shape index (κ2) is 6.80. The molecule has 0 amide bonds. The number of aromatic amines is 1. The molecule has 0 radical (unpaired) electrons. The summed E-state index contributed by atoms with van der Waals surface area (Å²) in [5.74, 6) is 2.97. The van der Waals surface area contributed by atoms with Gasteiger partial charge >= 0.3 is 0 Å². The van der Waals surface area contributed by atoms with Crippen LogP contribution in [0, 0.1) is 6.92 Å². The highest BCUT2D eigenvalue weighted by Crippen LogP contribution is 2.17. The fourth-order valence-electron chi connectivity index (χ4n) is 3.38. The van der Waals surface area contributed by atoms with E-state index in [2.05, 4.69) is 54.9 Å². The van der Waals surface area contributed by atoms with Crippen LogP contribution in [0.2, 0.25) is 0 Å². The Morgan fingerprint density at radius 2 is 1.84 bits per heavy atom. The second-order valence-corrected chi connectivity index (χ2v) is 6.58. The van der Waals surface area contributed by atoms with E-state index in [9.17, 15) is 0 Å². The van der Waals surface area contributed by atoms with Gasteiger partial charge in [-0.25, -0.2) is 15.0 Å². The highest BCUT2D eigenvalue weighted by Gasteiger charge is 2.19. The van der Waals surface area contributed by atoms with Crippen molar-refractivity contribution in [3.05, 3.63) is 47.7 Å². The lowest BCUT2D eigenvalue weighted by atomic mass is 10.2. The molecule has 0 unspecified atom stereocenters. The summed E-state index contributed by atoms with van der Waals surface area (Å²) in [6, 6.07) is 10.3. The molecule has 0 bridgehead atoms. The number of benzene rings is 1. The predicted molar refractivity (Wildman–Crippen MR) is 99.7 cm³/mol. The Hall–Kier alpha value is -2.47. The number of para-hydroxylation sites is 2. The van der Waals surface area contributed by atoms with Crippen LogP contribution in [0.15, 0.2) is 30.3 Å². The molecule has 0 spiro atoms. The third-order valence-corrected chi connectivity index (χ3v) is 4.75. The molecular formula is C19H24N6. The molecule has 130 valence electrons. The van der Waals surface area contributed by atoms with E-state index in [0.29, 0.717) is 0 Å². The van der Waals surface area contributed by atoms with E-state index in [1.54, 1.807) is 0 Å². The average Bonchev–Trinajstić information content (AvgIpc) is 3.04. The molecule has 6 nitrogen and oxygen atoms in total. The molecule has 6 heteroatoms. The summed E-state index contributed by atoms with van der Waals surface area (Å²) < 4.78 is 0. The van der Waals surface area contributed by atoms with E-state index in [-0.39, 0.29) is 0 Å². The molecule has 2 aromatic heterocycles. The molecule has 0 aliphatic carbocycles. The van der Waals surface area contributed by atoms with Crippen LogP contribution in [0.1, 0.15) is 24.3 Å². The van der Waals surface area contributed by atoms with Crippen molar-refractivity contribution in [2.45, 2.75) is 26.8 Å². The van der Waals surface area contributed by atoms with Crippen molar-refractivity contribution in [3.63, 3.8) is 0 Å². The quantitative estimate of drug-likeness (QED) is 0.793. The van der Waals surface area contributed by atoms with Crippen LogP contribution >= 0.6 is 0 Å². The number of H-pyrrole nitrogens is 1. The van der Waals surface area contributed by atoms with Gasteiger partial charge in [-0.2, -0.15) is 0 Å². The van der Waals surface area contributed by atoms with Gasteiger partial charge in [-0.15, -0.1) is 0 Å². The summed E-state index contributed by atoms with van der Waals surface area (Å²) in [4.78, 5) is 22.0. The number of piperazine rings is 1. The Balaban J connectivity index is 1.40. The number of nitrogens with zero attached hydrogens (tertiary/aromatic N) is 5. The summed E-state index contributed by atoms with van der Waals surface area (Å²) in [5, 5.41) is 0. The van der Waals surface area contributed by atoms with Gasteiger partial charge in [-0.1, -0.05) is 19.1 Å². The SMILES string of the molecule is CCc1cc(N2CCN(Cc3nc4ccccc4[nH]3)CC2)nc(C)n1. The van der Waals surface area contributed by atoms with Gasteiger partial charge in [0.15, 0.2) is 0 Å². The maximum Gasteiger partial charge on any atom is 0.132 e. The van der Waals surface area contributed by atoms with E-state index in [0.717, 1.165) is 73.3 Å². The summed E-state index contributed by atoms with van der Waals surface area (Å²) >= 11 is 0. The zero-order chi connectivity index (χ0) is 17.2. The molecule has 0 atom stereocenters. The van der Waals surface area contributed by atoms with Gasteiger partial charge < -0.3 is 9.88 Å². The third kappa shape index (κ3) is 3.49. The topological polar surface area (TPSA) is 60.9 Å². The monoisotopic (exact) mass is 336 g/mol. The number of aromatic nitrogens is 4. The Kier molecular flexibility index (Phi) is 4.36. The van der Waals surface area contributed by atoms with Crippen LogP contribution in [0.3, 0.4) is 0 Å². The first kappa shape index (κ1) is 16.0. The van der Waals surface area contributed by atoms with Gasteiger partial charge in [-0.3, -0.25) is 4.90 Å². The number of fused-ring (bicyclic) bond motifs is 1. The molecular weight excluding hydrogens is 312 g/mol. The first-order valence-electron chi connectivity index (χ1n) is 8.97. The van der Waals surface area contributed by atoms with Crippen LogP contribution in [0.5, 0.6) is 0 Å². The van der Waals surface area contributed by atoms with Crippen molar-refractivity contribution in [1.29, 1.82) is 0 Å². The van der Waals surface area contributed by atoms with E-state index in [1.807, 2.05) is 19.1 Å². The standard InChI is InChI=1S/C19H24N6/c1-3-15-12-19(21-14(2)20-15)25-10-8-24(9-11-25)13-18-22-16-6-4-5-7-17(16)23-18/h4-7,12H,3,8-11,13H2,1-2H3,(H,22,23). The minimum atomic E-state index is 0.860. The Morgan fingerprint density at radius 3 is 2.60 bits per heavy atom. The van der Waals surface area contributed by atoms with E-state index in [4.69, 9.17) is 0 Å². The Labute approximate surface area is 147 Å². The van der Waals surface area contributed by atoms with Crippen LogP contribution < -0.4 is 4.90 Å². The van der Waals surface area contributed by atoms with Gasteiger partial charge in [0.25, 0.3) is 0 Å². The molecule has 3 heterocycles. The first-order chi connectivity index (χ1) is 12.2. The summed E-state index contributed by atoms with van der Waals surface area (Å²) in [5.41, 5.74) is 3.27.